The van der Waals surface area contributed by atoms with Crippen molar-refractivity contribution in [3.05, 3.63) is 65.9 Å². The molecule has 1 saturated heterocycles. The second-order valence-electron chi connectivity index (χ2n) is 9.01. The van der Waals surface area contributed by atoms with Gasteiger partial charge in [-0.05, 0) is 44.7 Å². The van der Waals surface area contributed by atoms with Crippen LogP contribution in [0.25, 0.3) is 16.7 Å². The van der Waals surface area contributed by atoms with Crippen LogP contribution < -0.4 is 4.74 Å². The molecule has 1 amide bonds. The molecule has 2 fully saturated rings. The lowest BCUT2D eigenvalue weighted by Crippen LogP contribution is -2.51. The minimum absolute atomic E-state index is 0.00727. The minimum Gasteiger partial charge on any atom is -0.471 e. The van der Waals surface area contributed by atoms with Crippen LogP contribution in [0.1, 0.15) is 35.9 Å². The molecule has 1 aliphatic carbocycles. The molecule has 35 heavy (non-hydrogen) atoms. The first-order chi connectivity index (χ1) is 16.9. The zero-order chi connectivity index (χ0) is 24.3. The van der Waals surface area contributed by atoms with Gasteiger partial charge in [0.25, 0.3) is 5.91 Å². The van der Waals surface area contributed by atoms with E-state index < -0.39 is 11.6 Å². The lowest BCUT2D eigenvalue weighted by atomic mass is 9.98. The first kappa shape index (κ1) is 21.5. The highest BCUT2D eigenvalue weighted by atomic mass is 19.2. The molecule has 0 unspecified atom stereocenters. The smallest absolute Gasteiger partial charge is 0.275 e. The Balaban J connectivity index is 1.29. The number of ether oxygens (including phenoxy) is 1. The van der Waals surface area contributed by atoms with Gasteiger partial charge in [-0.25, -0.2) is 23.7 Å². The molecule has 178 valence electrons. The summed E-state index contributed by atoms with van der Waals surface area (Å²) in [5.74, 6) is -1.73. The van der Waals surface area contributed by atoms with Crippen LogP contribution in [-0.4, -0.2) is 58.9 Å². The standard InChI is InChI=1S/C24H21F2N7O2/c1-12-3-4-19(33-28-5-6-29-33)23(30-12)24(34)32-13(2)14-7-20(32)21(8-14)35-22-11-27-17-9-15(25)16(26)10-18(17)31-22/h3-6,9-11,13-14,20-21H,7-8H2,1-2H3/t13-,14-,20+,21-/m1/s1. The van der Waals surface area contributed by atoms with E-state index >= 15 is 0 Å². The first-order valence-electron chi connectivity index (χ1n) is 11.3. The predicted molar refractivity (Wildman–Crippen MR) is 120 cm³/mol. The van der Waals surface area contributed by atoms with Gasteiger partial charge in [0.05, 0.1) is 35.7 Å². The number of amides is 1. The molecular weight excluding hydrogens is 456 g/mol. The fraction of sp³-hybridized carbons (Fsp3) is 0.333. The fourth-order valence-electron chi connectivity index (χ4n) is 5.23. The number of carbonyl (C=O) groups is 1. The Morgan fingerprint density at radius 1 is 1.06 bits per heavy atom. The topological polar surface area (TPSA) is 98.9 Å². The second kappa shape index (κ2) is 8.03. The van der Waals surface area contributed by atoms with Crippen LogP contribution in [0.2, 0.25) is 0 Å². The number of rotatable bonds is 4. The number of carbonyl (C=O) groups excluding carboxylic acids is 1. The van der Waals surface area contributed by atoms with Crippen LogP contribution in [0.5, 0.6) is 5.88 Å². The Morgan fingerprint density at radius 3 is 2.54 bits per heavy atom. The average molecular weight is 477 g/mol. The van der Waals surface area contributed by atoms with Gasteiger partial charge in [0, 0.05) is 23.9 Å². The Labute approximate surface area is 198 Å². The summed E-state index contributed by atoms with van der Waals surface area (Å²) in [5, 5.41) is 8.33. The van der Waals surface area contributed by atoms with Crippen molar-refractivity contribution >= 4 is 16.9 Å². The number of benzene rings is 1. The molecule has 0 N–H and O–H groups in total. The lowest BCUT2D eigenvalue weighted by molar-refractivity contribution is 0.0309. The zero-order valence-corrected chi connectivity index (χ0v) is 19.0. The van der Waals surface area contributed by atoms with E-state index in [1.807, 2.05) is 24.8 Å². The van der Waals surface area contributed by atoms with E-state index in [0.29, 0.717) is 11.4 Å². The van der Waals surface area contributed by atoms with Crippen molar-refractivity contribution in [2.45, 2.75) is 44.9 Å². The van der Waals surface area contributed by atoms with Crippen molar-refractivity contribution in [2.24, 2.45) is 5.92 Å². The average Bonchev–Trinajstić information content (AvgIpc) is 3.57. The Hall–Kier alpha value is -4.02. The molecule has 3 aromatic heterocycles. The largest absolute Gasteiger partial charge is 0.471 e. The van der Waals surface area contributed by atoms with Gasteiger partial charge in [-0.1, -0.05) is 0 Å². The van der Waals surface area contributed by atoms with E-state index in [1.165, 1.54) is 11.0 Å². The van der Waals surface area contributed by atoms with Gasteiger partial charge < -0.3 is 9.64 Å². The van der Waals surface area contributed by atoms with Gasteiger partial charge in [-0.3, -0.25) is 4.79 Å². The summed E-state index contributed by atoms with van der Waals surface area (Å²) >= 11 is 0. The van der Waals surface area contributed by atoms with Crippen molar-refractivity contribution in [3.8, 4) is 11.6 Å². The van der Waals surface area contributed by atoms with Crippen LogP contribution in [0, 0.1) is 24.5 Å². The number of pyridine rings is 1. The number of fused-ring (bicyclic) bond motifs is 3. The molecule has 1 aromatic carbocycles. The van der Waals surface area contributed by atoms with Crippen molar-refractivity contribution < 1.29 is 18.3 Å². The maximum atomic E-state index is 13.8. The van der Waals surface area contributed by atoms with E-state index in [2.05, 4.69) is 25.1 Å². The molecule has 2 bridgehead atoms. The van der Waals surface area contributed by atoms with Crippen LogP contribution >= 0.6 is 0 Å². The molecule has 1 aliphatic heterocycles. The maximum Gasteiger partial charge on any atom is 0.275 e. The maximum absolute atomic E-state index is 13.8. The summed E-state index contributed by atoms with van der Waals surface area (Å²) in [4.78, 5) is 30.0. The molecular formula is C24H21F2N7O2. The summed E-state index contributed by atoms with van der Waals surface area (Å²) in [6.45, 7) is 3.86. The Morgan fingerprint density at radius 2 is 1.80 bits per heavy atom. The summed E-state index contributed by atoms with van der Waals surface area (Å²) in [5.41, 5.74) is 1.94. The third kappa shape index (κ3) is 3.58. The monoisotopic (exact) mass is 477 g/mol. The highest BCUT2D eigenvalue weighted by molar-refractivity contribution is 5.96. The van der Waals surface area contributed by atoms with E-state index in [1.54, 1.807) is 18.5 Å². The summed E-state index contributed by atoms with van der Waals surface area (Å²) in [6.07, 6.45) is 5.71. The number of halogens is 2. The third-order valence-corrected chi connectivity index (χ3v) is 6.91. The lowest BCUT2D eigenvalue weighted by Gasteiger charge is -2.37. The van der Waals surface area contributed by atoms with Crippen LogP contribution in [-0.2, 0) is 0 Å². The Bertz CT molecular complexity index is 1450. The van der Waals surface area contributed by atoms with Crippen LogP contribution in [0.15, 0.2) is 42.9 Å². The van der Waals surface area contributed by atoms with Crippen molar-refractivity contribution in [3.63, 3.8) is 0 Å². The normalized spacial score (nSPS) is 23.3. The SMILES string of the molecule is Cc1ccc(-n2nccn2)c(C(=O)N2[C@H](C)[C@H]3C[C@@H](Oc4cnc5cc(F)c(F)cc5n4)[C@@H]2C3)n1. The number of likely N-dealkylation sites (tertiary alicyclic amines) is 1. The summed E-state index contributed by atoms with van der Waals surface area (Å²) in [6, 6.07) is 5.42. The van der Waals surface area contributed by atoms with Crippen LogP contribution in [0.4, 0.5) is 8.78 Å². The van der Waals surface area contributed by atoms with Gasteiger partial charge in [-0.15, -0.1) is 4.80 Å². The van der Waals surface area contributed by atoms with Crippen molar-refractivity contribution in [1.29, 1.82) is 0 Å². The van der Waals surface area contributed by atoms with Crippen LogP contribution in [0.3, 0.4) is 0 Å². The minimum atomic E-state index is -0.998. The molecule has 0 spiro atoms. The number of hydrogen-bond acceptors (Lipinski definition) is 7. The highest BCUT2D eigenvalue weighted by Crippen LogP contribution is 2.44. The first-order valence-corrected chi connectivity index (χ1v) is 11.3. The molecule has 4 heterocycles. The molecule has 2 aliphatic rings. The van der Waals surface area contributed by atoms with Gasteiger partial charge in [-0.2, -0.15) is 10.2 Å². The number of nitrogens with zero attached hydrogens (tertiary/aromatic N) is 7. The van der Waals surface area contributed by atoms with Gasteiger partial charge in [0.1, 0.15) is 11.8 Å². The number of aryl methyl sites for hydroxylation is 1. The van der Waals surface area contributed by atoms with Gasteiger partial charge in [0.2, 0.25) is 5.88 Å². The van der Waals surface area contributed by atoms with E-state index in [9.17, 15) is 13.6 Å². The molecule has 6 rings (SSSR count). The van der Waals surface area contributed by atoms with Gasteiger partial charge in [0.15, 0.2) is 17.3 Å². The van der Waals surface area contributed by atoms with E-state index in [-0.39, 0.29) is 52.6 Å². The number of piperidine rings is 1. The molecule has 1 saturated carbocycles. The third-order valence-electron chi connectivity index (χ3n) is 6.91. The molecule has 11 heteroatoms. The molecule has 0 radical (unpaired) electrons. The zero-order valence-electron chi connectivity index (χ0n) is 19.0. The molecule has 4 aromatic rings. The van der Waals surface area contributed by atoms with E-state index in [0.717, 1.165) is 25.0 Å². The summed E-state index contributed by atoms with van der Waals surface area (Å²) in [7, 11) is 0. The summed E-state index contributed by atoms with van der Waals surface area (Å²) < 4.78 is 33.3. The van der Waals surface area contributed by atoms with Gasteiger partial charge >= 0.3 is 0 Å². The quantitative estimate of drug-likeness (QED) is 0.445. The number of hydrogen-bond donors (Lipinski definition) is 0. The highest BCUT2D eigenvalue weighted by Gasteiger charge is 2.53. The predicted octanol–water partition coefficient (Wildman–Crippen LogP) is 3.26. The van der Waals surface area contributed by atoms with Crippen molar-refractivity contribution in [2.75, 3.05) is 0 Å². The van der Waals surface area contributed by atoms with E-state index in [4.69, 9.17) is 4.74 Å². The van der Waals surface area contributed by atoms with Crippen molar-refractivity contribution in [1.82, 2.24) is 34.8 Å². The Kier molecular flexibility index (Phi) is 4.94. The fourth-order valence-corrected chi connectivity index (χ4v) is 5.23. The number of aromatic nitrogens is 6. The molecule has 9 nitrogen and oxygen atoms in total. The molecule has 4 atom stereocenters. The second-order valence-corrected chi connectivity index (χ2v) is 9.01.